The molecule has 1 aromatic heterocycles. The lowest BCUT2D eigenvalue weighted by molar-refractivity contribution is 0.217. The van der Waals surface area contributed by atoms with Gasteiger partial charge in [0.1, 0.15) is 12.4 Å². The summed E-state index contributed by atoms with van der Waals surface area (Å²) in [6, 6.07) is 2.58. The van der Waals surface area contributed by atoms with Crippen molar-refractivity contribution >= 4 is 5.69 Å². The second-order valence-corrected chi connectivity index (χ2v) is 5.74. The predicted molar refractivity (Wildman–Crippen MR) is 78.2 cm³/mol. The Balaban J connectivity index is 1.56. The summed E-state index contributed by atoms with van der Waals surface area (Å²) in [6.45, 7) is 4.16. The number of aliphatic hydroxyl groups excluding tert-OH is 1. The third kappa shape index (κ3) is 3.22. The Morgan fingerprint density at radius 1 is 1.40 bits per heavy atom. The average Bonchev–Trinajstić information content (AvgIpc) is 2.86. The maximum absolute atomic E-state index is 9.02. The minimum atomic E-state index is 0.286. The second-order valence-electron chi connectivity index (χ2n) is 5.74. The summed E-state index contributed by atoms with van der Waals surface area (Å²) >= 11 is 0. The van der Waals surface area contributed by atoms with Gasteiger partial charge in [-0.2, -0.15) is 0 Å². The van der Waals surface area contributed by atoms with E-state index in [0.717, 1.165) is 50.5 Å². The van der Waals surface area contributed by atoms with Gasteiger partial charge in [0.05, 0.1) is 18.1 Å². The molecule has 0 aliphatic carbocycles. The van der Waals surface area contributed by atoms with E-state index in [1.165, 1.54) is 6.42 Å². The zero-order valence-corrected chi connectivity index (χ0v) is 11.8. The molecule has 2 aliphatic heterocycles. The minimum absolute atomic E-state index is 0.286. The summed E-state index contributed by atoms with van der Waals surface area (Å²) in [5, 5.41) is 12.3. The lowest BCUT2D eigenvalue weighted by Crippen LogP contribution is -2.46. The molecule has 20 heavy (non-hydrogen) atoms. The van der Waals surface area contributed by atoms with Crippen molar-refractivity contribution in [2.45, 2.75) is 25.3 Å². The van der Waals surface area contributed by atoms with Gasteiger partial charge in [0.25, 0.3) is 0 Å². The van der Waals surface area contributed by atoms with Crippen molar-refractivity contribution < 1.29 is 9.84 Å². The van der Waals surface area contributed by atoms with E-state index in [4.69, 9.17) is 9.84 Å². The van der Waals surface area contributed by atoms with E-state index in [9.17, 15) is 0 Å². The summed E-state index contributed by atoms with van der Waals surface area (Å²) in [7, 11) is 0. The highest BCUT2D eigenvalue weighted by atomic mass is 16.5. The Morgan fingerprint density at radius 2 is 2.30 bits per heavy atom. The third-order valence-corrected chi connectivity index (χ3v) is 4.26. The van der Waals surface area contributed by atoms with Crippen LogP contribution in [-0.2, 0) is 0 Å². The Morgan fingerprint density at radius 3 is 3.05 bits per heavy atom. The zero-order valence-electron chi connectivity index (χ0n) is 11.8. The van der Waals surface area contributed by atoms with Gasteiger partial charge in [-0.25, -0.2) is 0 Å². The van der Waals surface area contributed by atoms with Crippen molar-refractivity contribution in [1.82, 2.24) is 10.3 Å². The van der Waals surface area contributed by atoms with Crippen molar-refractivity contribution in [3.05, 3.63) is 18.5 Å². The van der Waals surface area contributed by atoms with Crippen LogP contribution in [0.4, 0.5) is 5.69 Å². The second kappa shape index (κ2) is 6.41. The molecule has 3 rings (SSSR count). The summed E-state index contributed by atoms with van der Waals surface area (Å²) in [4.78, 5) is 6.62. The van der Waals surface area contributed by atoms with E-state index in [2.05, 4.69) is 21.3 Å². The molecular formula is C15H23N3O2. The van der Waals surface area contributed by atoms with E-state index < -0.39 is 0 Å². The maximum atomic E-state index is 9.02. The van der Waals surface area contributed by atoms with Crippen LogP contribution < -0.4 is 15.0 Å². The standard InChI is InChI=1S/C15H23N3O2/c19-6-3-12-2-5-18(10-12)14-7-15(9-16-8-14)20-11-13-1-4-17-13/h7-9,12-13,17,19H,1-6,10-11H2/t12-,13-/m0/s1. The third-order valence-electron chi connectivity index (χ3n) is 4.26. The molecule has 0 amide bonds. The number of nitrogens with zero attached hydrogens (tertiary/aromatic N) is 2. The number of rotatable bonds is 6. The van der Waals surface area contributed by atoms with Crippen molar-refractivity contribution in [2.24, 2.45) is 5.92 Å². The fraction of sp³-hybridized carbons (Fsp3) is 0.667. The van der Waals surface area contributed by atoms with Crippen LogP contribution in [0, 0.1) is 5.92 Å². The molecule has 5 nitrogen and oxygen atoms in total. The van der Waals surface area contributed by atoms with Crippen LogP contribution in [0.25, 0.3) is 0 Å². The molecule has 0 radical (unpaired) electrons. The summed E-state index contributed by atoms with van der Waals surface area (Å²) in [5.74, 6) is 1.45. The van der Waals surface area contributed by atoms with Gasteiger partial charge in [0.15, 0.2) is 0 Å². The molecule has 0 saturated carbocycles. The van der Waals surface area contributed by atoms with E-state index >= 15 is 0 Å². The van der Waals surface area contributed by atoms with Crippen LogP contribution in [0.3, 0.4) is 0 Å². The van der Waals surface area contributed by atoms with Gasteiger partial charge in [-0.1, -0.05) is 0 Å². The molecule has 1 aromatic rings. The number of pyridine rings is 1. The summed E-state index contributed by atoms with van der Waals surface area (Å²) in [6.07, 6.45) is 6.92. The van der Waals surface area contributed by atoms with Gasteiger partial charge in [0, 0.05) is 31.8 Å². The zero-order chi connectivity index (χ0) is 13.8. The number of hydrogen-bond acceptors (Lipinski definition) is 5. The van der Waals surface area contributed by atoms with Crippen LogP contribution in [-0.4, -0.2) is 49.0 Å². The molecule has 0 bridgehead atoms. The molecule has 3 heterocycles. The van der Waals surface area contributed by atoms with Crippen LogP contribution in [0.2, 0.25) is 0 Å². The number of nitrogens with one attached hydrogen (secondary N) is 1. The fourth-order valence-electron chi connectivity index (χ4n) is 2.83. The van der Waals surface area contributed by atoms with Crippen LogP contribution >= 0.6 is 0 Å². The molecule has 0 spiro atoms. The fourth-order valence-corrected chi connectivity index (χ4v) is 2.83. The first kappa shape index (κ1) is 13.6. The smallest absolute Gasteiger partial charge is 0.139 e. The minimum Gasteiger partial charge on any atom is -0.490 e. The van der Waals surface area contributed by atoms with Crippen molar-refractivity contribution in [3.63, 3.8) is 0 Å². The first-order valence-corrected chi connectivity index (χ1v) is 7.52. The maximum Gasteiger partial charge on any atom is 0.139 e. The molecular weight excluding hydrogens is 254 g/mol. The Kier molecular flexibility index (Phi) is 4.38. The monoisotopic (exact) mass is 277 g/mol. The van der Waals surface area contributed by atoms with E-state index in [-0.39, 0.29) is 6.61 Å². The number of hydrogen-bond donors (Lipinski definition) is 2. The number of ether oxygens (including phenoxy) is 1. The SMILES string of the molecule is OCC[C@@H]1CCN(c2cncc(OC[C@@H]3CCN3)c2)C1. The first-order chi connectivity index (χ1) is 9.85. The van der Waals surface area contributed by atoms with Crippen LogP contribution in [0.5, 0.6) is 5.75 Å². The van der Waals surface area contributed by atoms with Crippen molar-refractivity contribution in [1.29, 1.82) is 0 Å². The quantitative estimate of drug-likeness (QED) is 0.813. The molecule has 110 valence electrons. The average molecular weight is 277 g/mol. The molecule has 2 aliphatic rings. The Bertz CT molecular complexity index is 437. The van der Waals surface area contributed by atoms with Gasteiger partial charge < -0.3 is 20.1 Å². The van der Waals surface area contributed by atoms with E-state index in [0.29, 0.717) is 12.0 Å². The van der Waals surface area contributed by atoms with Crippen LogP contribution in [0.15, 0.2) is 18.5 Å². The first-order valence-electron chi connectivity index (χ1n) is 7.52. The van der Waals surface area contributed by atoms with E-state index in [1.54, 1.807) is 6.20 Å². The van der Waals surface area contributed by atoms with Gasteiger partial charge in [-0.15, -0.1) is 0 Å². The lowest BCUT2D eigenvalue weighted by atomic mass is 10.1. The van der Waals surface area contributed by atoms with Crippen molar-refractivity contribution in [3.8, 4) is 5.75 Å². The molecule has 0 aromatic carbocycles. The molecule has 2 N–H and O–H groups in total. The largest absolute Gasteiger partial charge is 0.490 e. The van der Waals surface area contributed by atoms with Gasteiger partial charge >= 0.3 is 0 Å². The molecule has 2 atom stereocenters. The number of aliphatic hydroxyl groups is 1. The highest BCUT2D eigenvalue weighted by Crippen LogP contribution is 2.27. The predicted octanol–water partition coefficient (Wildman–Crippen LogP) is 1.03. The Hall–Kier alpha value is -1.33. The van der Waals surface area contributed by atoms with Gasteiger partial charge in [-0.05, 0) is 31.7 Å². The van der Waals surface area contributed by atoms with Gasteiger partial charge in [-0.3, -0.25) is 4.98 Å². The highest BCUT2D eigenvalue weighted by molar-refractivity contribution is 5.49. The Labute approximate surface area is 120 Å². The molecule has 5 heteroatoms. The number of aromatic nitrogens is 1. The van der Waals surface area contributed by atoms with E-state index in [1.807, 2.05) is 6.20 Å². The van der Waals surface area contributed by atoms with Gasteiger partial charge in [0.2, 0.25) is 0 Å². The molecule has 0 unspecified atom stereocenters. The summed E-state index contributed by atoms with van der Waals surface area (Å²) < 4.78 is 5.79. The molecule has 2 fully saturated rings. The number of anilines is 1. The van der Waals surface area contributed by atoms with Crippen LogP contribution in [0.1, 0.15) is 19.3 Å². The highest BCUT2D eigenvalue weighted by Gasteiger charge is 2.23. The molecule has 2 saturated heterocycles. The topological polar surface area (TPSA) is 57.6 Å². The lowest BCUT2D eigenvalue weighted by Gasteiger charge is -2.27. The summed E-state index contributed by atoms with van der Waals surface area (Å²) in [5.41, 5.74) is 1.13. The van der Waals surface area contributed by atoms with Crippen molar-refractivity contribution in [2.75, 3.05) is 37.7 Å². The normalized spacial score (nSPS) is 25.6.